The minimum absolute atomic E-state index is 0. The fourth-order valence-corrected chi connectivity index (χ4v) is 3.42. The minimum Gasteiger partial charge on any atom is -0.363 e. The maximum absolute atomic E-state index is 13.4. The van der Waals surface area contributed by atoms with E-state index in [1.54, 1.807) is 0 Å². The van der Waals surface area contributed by atoms with Gasteiger partial charge in [-0.25, -0.2) is 8.78 Å². The van der Waals surface area contributed by atoms with Crippen molar-refractivity contribution in [3.63, 3.8) is 0 Å². The largest absolute Gasteiger partial charge is 0.363 e. The van der Waals surface area contributed by atoms with Crippen LogP contribution in [0.2, 0.25) is 0 Å². The maximum atomic E-state index is 13.4. The van der Waals surface area contributed by atoms with E-state index in [4.69, 9.17) is 0 Å². The van der Waals surface area contributed by atoms with E-state index in [9.17, 15) is 13.6 Å². The number of anilines is 3. The molecule has 0 aliphatic heterocycles. The third-order valence-electron chi connectivity index (χ3n) is 5.19. The molecule has 0 spiro atoms. The van der Waals surface area contributed by atoms with E-state index >= 15 is 0 Å². The number of carbonyl (C=O) groups excluding carboxylic acids is 1. The van der Waals surface area contributed by atoms with Crippen LogP contribution in [0.3, 0.4) is 0 Å². The van der Waals surface area contributed by atoms with Crippen molar-refractivity contribution in [2.75, 3.05) is 43.3 Å². The van der Waals surface area contributed by atoms with Gasteiger partial charge < -0.3 is 20.4 Å². The molecule has 1 amide bonds. The van der Waals surface area contributed by atoms with Crippen LogP contribution < -0.4 is 20.4 Å². The van der Waals surface area contributed by atoms with Crippen molar-refractivity contribution >= 4 is 35.9 Å². The maximum Gasteiger partial charge on any atom is 0.251 e. The molecule has 0 radical (unpaired) electrons. The van der Waals surface area contributed by atoms with Gasteiger partial charge in [0.05, 0.1) is 0 Å². The number of amides is 1. The molecule has 1 saturated carbocycles. The highest BCUT2D eigenvalue weighted by Crippen LogP contribution is 2.24. The van der Waals surface area contributed by atoms with Crippen molar-refractivity contribution in [2.45, 2.75) is 37.8 Å². The first kappa shape index (κ1) is 24.6. The molecule has 1 fully saturated rings. The Morgan fingerprint density at radius 3 is 1.97 bits per heavy atom. The molecule has 0 bridgehead atoms. The standard InChI is InChI=1S/C21H28F2N6O.ClH/c1-28(2)18-12-19(29(3)4)27-21(26-18)25-15-8-6-14(7-9-15)24-20(30)13-5-10-16(22)17(23)11-13;/h5,10-12,14-15H,6-9H2,1-4H3,(H,24,30)(H,25,26,27);1H/t14-,15+;. The molecule has 10 heteroatoms. The van der Waals surface area contributed by atoms with Gasteiger partial charge in [0.1, 0.15) is 11.6 Å². The molecule has 31 heavy (non-hydrogen) atoms. The Morgan fingerprint density at radius 2 is 1.45 bits per heavy atom. The summed E-state index contributed by atoms with van der Waals surface area (Å²) in [6.45, 7) is 0. The molecule has 0 saturated heterocycles. The van der Waals surface area contributed by atoms with Gasteiger partial charge in [-0.2, -0.15) is 9.97 Å². The summed E-state index contributed by atoms with van der Waals surface area (Å²) < 4.78 is 26.4. The van der Waals surface area contributed by atoms with E-state index in [0.717, 1.165) is 49.5 Å². The molecular weight excluding hydrogens is 426 g/mol. The van der Waals surface area contributed by atoms with Crippen LogP contribution in [0.5, 0.6) is 0 Å². The van der Waals surface area contributed by atoms with E-state index in [0.29, 0.717) is 5.95 Å². The molecule has 1 aliphatic rings. The summed E-state index contributed by atoms with van der Waals surface area (Å²) in [7, 11) is 7.75. The van der Waals surface area contributed by atoms with Crippen LogP contribution in [0.4, 0.5) is 26.4 Å². The van der Waals surface area contributed by atoms with Gasteiger partial charge in [-0.05, 0) is 43.9 Å². The van der Waals surface area contributed by atoms with Gasteiger partial charge in [-0.15, -0.1) is 12.4 Å². The number of halogens is 3. The van der Waals surface area contributed by atoms with Gasteiger partial charge >= 0.3 is 0 Å². The van der Waals surface area contributed by atoms with Crippen molar-refractivity contribution < 1.29 is 13.6 Å². The van der Waals surface area contributed by atoms with E-state index in [2.05, 4.69) is 20.6 Å². The highest BCUT2D eigenvalue weighted by molar-refractivity contribution is 5.94. The molecule has 0 atom stereocenters. The summed E-state index contributed by atoms with van der Waals surface area (Å²) in [4.78, 5) is 25.3. The molecule has 1 aliphatic carbocycles. The minimum atomic E-state index is -1.02. The molecule has 1 aromatic carbocycles. The summed E-state index contributed by atoms with van der Waals surface area (Å²) in [5, 5.41) is 6.33. The predicted molar refractivity (Wildman–Crippen MR) is 121 cm³/mol. The van der Waals surface area contributed by atoms with Crippen LogP contribution in [0.25, 0.3) is 0 Å². The van der Waals surface area contributed by atoms with Gasteiger partial charge in [0, 0.05) is 51.9 Å². The van der Waals surface area contributed by atoms with E-state index in [-0.39, 0.29) is 36.0 Å². The topological polar surface area (TPSA) is 73.4 Å². The summed E-state index contributed by atoms with van der Waals surface area (Å²) in [5.41, 5.74) is 0.124. The molecule has 2 N–H and O–H groups in total. The fraction of sp³-hybridized carbons (Fsp3) is 0.476. The lowest BCUT2D eigenvalue weighted by Gasteiger charge is -2.30. The number of rotatable bonds is 6. The Labute approximate surface area is 187 Å². The van der Waals surface area contributed by atoms with Crippen LogP contribution in [-0.4, -0.2) is 56.1 Å². The molecule has 0 unspecified atom stereocenters. The third kappa shape index (κ3) is 6.40. The second kappa shape index (κ2) is 10.6. The number of benzene rings is 1. The normalized spacial score (nSPS) is 18.0. The number of carbonyl (C=O) groups is 1. The lowest BCUT2D eigenvalue weighted by atomic mass is 9.91. The summed E-state index contributed by atoms with van der Waals surface area (Å²) >= 11 is 0. The van der Waals surface area contributed by atoms with Gasteiger partial charge in [0.15, 0.2) is 11.6 Å². The second-order valence-corrected chi connectivity index (χ2v) is 7.99. The highest BCUT2D eigenvalue weighted by atomic mass is 35.5. The van der Waals surface area contributed by atoms with Crippen molar-refractivity contribution in [3.05, 3.63) is 41.5 Å². The lowest BCUT2D eigenvalue weighted by Crippen LogP contribution is -2.40. The van der Waals surface area contributed by atoms with Crippen LogP contribution in [0.15, 0.2) is 24.3 Å². The summed E-state index contributed by atoms with van der Waals surface area (Å²) in [5.74, 6) is -0.141. The van der Waals surface area contributed by atoms with Crippen molar-refractivity contribution in [3.8, 4) is 0 Å². The Kier molecular flexibility index (Phi) is 8.38. The monoisotopic (exact) mass is 454 g/mol. The number of nitrogens with zero attached hydrogens (tertiary/aromatic N) is 4. The lowest BCUT2D eigenvalue weighted by molar-refractivity contribution is 0.0926. The fourth-order valence-electron chi connectivity index (χ4n) is 3.42. The molecule has 2 aromatic rings. The molecular formula is C21H29ClF2N6O. The van der Waals surface area contributed by atoms with E-state index < -0.39 is 11.6 Å². The van der Waals surface area contributed by atoms with E-state index in [1.165, 1.54) is 6.07 Å². The quantitative estimate of drug-likeness (QED) is 0.696. The van der Waals surface area contributed by atoms with Crippen LogP contribution in [-0.2, 0) is 0 Å². The van der Waals surface area contributed by atoms with Crippen molar-refractivity contribution in [1.29, 1.82) is 0 Å². The average Bonchev–Trinajstić information content (AvgIpc) is 2.71. The van der Waals surface area contributed by atoms with Crippen molar-refractivity contribution in [1.82, 2.24) is 15.3 Å². The van der Waals surface area contributed by atoms with E-state index in [1.807, 2.05) is 44.1 Å². The van der Waals surface area contributed by atoms with Crippen LogP contribution >= 0.6 is 12.4 Å². The third-order valence-corrected chi connectivity index (χ3v) is 5.19. The number of hydrogen-bond donors (Lipinski definition) is 2. The Balaban J connectivity index is 0.00000341. The molecule has 1 heterocycles. The van der Waals surface area contributed by atoms with Crippen LogP contribution in [0.1, 0.15) is 36.0 Å². The first-order valence-corrected chi connectivity index (χ1v) is 9.99. The van der Waals surface area contributed by atoms with Gasteiger partial charge in [0.2, 0.25) is 5.95 Å². The van der Waals surface area contributed by atoms with Gasteiger partial charge in [-0.3, -0.25) is 4.79 Å². The molecule has 3 rings (SSSR count). The van der Waals surface area contributed by atoms with Gasteiger partial charge in [0.25, 0.3) is 5.91 Å². The number of hydrogen-bond acceptors (Lipinski definition) is 6. The predicted octanol–water partition coefficient (Wildman–Crippen LogP) is 3.46. The van der Waals surface area contributed by atoms with Crippen LogP contribution in [0, 0.1) is 11.6 Å². The Bertz CT molecular complexity index is 877. The second-order valence-electron chi connectivity index (χ2n) is 7.99. The van der Waals surface area contributed by atoms with Crippen molar-refractivity contribution in [2.24, 2.45) is 0 Å². The first-order valence-electron chi connectivity index (χ1n) is 9.99. The molecule has 170 valence electrons. The highest BCUT2D eigenvalue weighted by Gasteiger charge is 2.24. The Hall–Kier alpha value is -2.68. The summed E-state index contributed by atoms with van der Waals surface area (Å²) in [6.07, 6.45) is 3.24. The smallest absolute Gasteiger partial charge is 0.251 e. The zero-order chi connectivity index (χ0) is 21.8. The summed E-state index contributed by atoms with van der Waals surface area (Å²) in [6, 6.07) is 5.31. The molecule has 7 nitrogen and oxygen atoms in total. The SMILES string of the molecule is CN(C)c1cc(N(C)C)nc(N[C@H]2CC[C@@H](NC(=O)c3ccc(F)c(F)c3)CC2)n1.Cl. The first-order chi connectivity index (χ1) is 14.2. The molecule has 1 aromatic heterocycles. The Morgan fingerprint density at radius 1 is 0.903 bits per heavy atom. The zero-order valence-corrected chi connectivity index (χ0v) is 19.0. The zero-order valence-electron chi connectivity index (χ0n) is 18.2. The van der Waals surface area contributed by atoms with Gasteiger partial charge in [-0.1, -0.05) is 0 Å². The number of nitrogens with one attached hydrogen (secondary N) is 2. The average molecular weight is 455 g/mol. The number of aromatic nitrogens is 2.